The van der Waals surface area contributed by atoms with Crippen LogP contribution in [0.1, 0.15) is 18.6 Å². The summed E-state index contributed by atoms with van der Waals surface area (Å²) < 4.78 is 6.21. The Balaban J connectivity index is 1.72. The van der Waals surface area contributed by atoms with Crippen LogP contribution in [-0.4, -0.2) is 32.7 Å². The van der Waals surface area contributed by atoms with E-state index >= 15 is 0 Å². The molecule has 8 heteroatoms. The van der Waals surface area contributed by atoms with Crippen molar-refractivity contribution < 1.29 is 19.1 Å². The van der Waals surface area contributed by atoms with E-state index in [0.29, 0.717) is 38.7 Å². The molecule has 1 aromatic heterocycles. The fraction of sp³-hybridized carbons (Fsp3) is 0.167. The number of carboxylic acids is 1. The van der Waals surface area contributed by atoms with Crippen molar-refractivity contribution in [3.8, 4) is 11.3 Å². The van der Waals surface area contributed by atoms with E-state index in [2.05, 4.69) is 0 Å². The summed E-state index contributed by atoms with van der Waals surface area (Å²) in [6, 6.07) is 10.9. The molecular weight excluding hydrogens is 394 g/mol. The molecule has 1 N–H and O–H groups in total. The average Bonchev–Trinajstić information content (AvgIpc) is 3.15. The zero-order valence-corrected chi connectivity index (χ0v) is 15.9. The third-order valence-electron chi connectivity index (χ3n) is 3.67. The molecule has 1 aliphatic heterocycles. The Labute approximate surface area is 164 Å². The monoisotopic (exact) mass is 407 g/mol. The zero-order chi connectivity index (χ0) is 18.7. The standard InChI is InChI=1S/C18H14ClNO4S2/c19-12-5-3-11(4-6-12)14-8-7-13(24-14)10-15-17(23)20(18(25)26-15)9-1-2-16(21)22/h3-8,10H,1-2,9H2,(H,21,22)/b15-10-. The highest BCUT2D eigenvalue weighted by molar-refractivity contribution is 8.26. The van der Waals surface area contributed by atoms with Crippen LogP contribution in [0.15, 0.2) is 45.7 Å². The molecule has 5 nitrogen and oxygen atoms in total. The van der Waals surface area contributed by atoms with Gasteiger partial charge in [-0.3, -0.25) is 14.5 Å². The molecule has 0 spiro atoms. The first-order valence-electron chi connectivity index (χ1n) is 7.77. The molecule has 134 valence electrons. The van der Waals surface area contributed by atoms with Crippen molar-refractivity contribution in [1.29, 1.82) is 0 Å². The van der Waals surface area contributed by atoms with Gasteiger partial charge in [0.15, 0.2) is 0 Å². The number of carboxylic acid groups (broad SMARTS) is 1. The maximum Gasteiger partial charge on any atom is 0.303 e. The molecule has 0 bridgehead atoms. The number of furan rings is 1. The van der Waals surface area contributed by atoms with Crippen LogP contribution in [-0.2, 0) is 9.59 Å². The highest BCUT2D eigenvalue weighted by atomic mass is 35.5. The molecule has 0 aliphatic carbocycles. The number of rotatable bonds is 6. The van der Waals surface area contributed by atoms with E-state index in [9.17, 15) is 9.59 Å². The molecule has 2 heterocycles. The van der Waals surface area contributed by atoms with E-state index < -0.39 is 5.97 Å². The highest BCUT2D eigenvalue weighted by Gasteiger charge is 2.31. The molecular formula is C18H14ClNO4S2. The first kappa shape index (κ1) is 18.7. The zero-order valence-electron chi connectivity index (χ0n) is 13.5. The Hall–Kier alpha value is -2.09. The van der Waals surface area contributed by atoms with E-state index in [1.54, 1.807) is 24.3 Å². The second-order valence-corrected chi connectivity index (χ2v) is 7.65. The highest BCUT2D eigenvalue weighted by Crippen LogP contribution is 2.34. The number of aliphatic carboxylic acids is 1. The van der Waals surface area contributed by atoms with Gasteiger partial charge in [-0.1, -0.05) is 35.6 Å². The van der Waals surface area contributed by atoms with Crippen molar-refractivity contribution in [1.82, 2.24) is 4.90 Å². The van der Waals surface area contributed by atoms with Gasteiger partial charge in [-0.05, 0) is 42.8 Å². The van der Waals surface area contributed by atoms with Gasteiger partial charge in [0.1, 0.15) is 15.8 Å². The van der Waals surface area contributed by atoms with Gasteiger partial charge in [0, 0.05) is 29.6 Å². The minimum atomic E-state index is -0.892. The summed E-state index contributed by atoms with van der Waals surface area (Å²) in [5.41, 5.74) is 0.885. The minimum Gasteiger partial charge on any atom is -0.481 e. The Morgan fingerprint density at radius 1 is 1.27 bits per heavy atom. The van der Waals surface area contributed by atoms with E-state index in [-0.39, 0.29) is 12.3 Å². The first-order chi connectivity index (χ1) is 12.4. The van der Waals surface area contributed by atoms with Gasteiger partial charge in [-0.25, -0.2) is 0 Å². The number of hydrogen-bond acceptors (Lipinski definition) is 5. The van der Waals surface area contributed by atoms with Crippen LogP contribution in [0.3, 0.4) is 0 Å². The quantitative estimate of drug-likeness (QED) is 0.554. The van der Waals surface area contributed by atoms with Gasteiger partial charge < -0.3 is 9.52 Å². The average molecular weight is 408 g/mol. The minimum absolute atomic E-state index is 0.00125. The summed E-state index contributed by atoms with van der Waals surface area (Å²) in [4.78, 5) is 25.0. The van der Waals surface area contributed by atoms with Crippen molar-refractivity contribution in [2.75, 3.05) is 6.54 Å². The van der Waals surface area contributed by atoms with Crippen molar-refractivity contribution in [3.63, 3.8) is 0 Å². The van der Waals surface area contributed by atoms with E-state index in [1.807, 2.05) is 18.2 Å². The van der Waals surface area contributed by atoms with E-state index in [0.717, 1.165) is 5.56 Å². The summed E-state index contributed by atoms with van der Waals surface area (Å²) in [7, 11) is 0. The number of benzene rings is 1. The second kappa shape index (κ2) is 8.07. The largest absolute Gasteiger partial charge is 0.481 e. The maximum absolute atomic E-state index is 12.5. The normalized spacial score (nSPS) is 15.9. The Kier molecular flexibility index (Phi) is 5.80. The molecule has 1 saturated heterocycles. The third kappa shape index (κ3) is 4.35. The number of halogens is 1. The van der Waals surface area contributed by atoms with E-state index in [4.69, 9.17) is 33.3 Å². The fourth-order valence-corrected chi connectivity index (χ4v) is 3.82. The predicted molar refractivity (Wildman–Crippen MR) is 106 cm³/mol. The molecule has 1 aliphatic rings. The van der Waals surface area contributed by atoms with Crippen LogP contribution in [0, 0.1) is 0 Å². The second-order valence-electron chi connectivity index (χ2n) is 5.54. The number of hydrogen-bond donors (Lipinski definition) is 1. The molecule has 3 rings (SSSR count). The maximum atomic E-state index is 12.5. The van der Waals surface area contributed by atoms with Gasteiger partial charge in [0.05, 0.1) is 4.91 Å². The number of thioether (sulfide) groups is 1. The Morgan fingerprint density at radius 3 is 2.69 bits per heavy atom. The SMILES string of the molecule is O=C(O)CCCN1C(=O)/C(=C/c2ccc(-c3ccc(Cl)cc3)o2)SC1=S. The van der Waals surface area contributed by atoms with Crippen molar-refractivity contribution >= 4 is 57.9 Å². The summed E-state index contributed by atoms with van der Waals surface area (Å²) in [6.07, 6.45) is 2.01. The van der Waals surface area contributed by atoms with Crippen LogP contribution < -0.4 is 0 Å². The summed E-state index contributed by atoms with van der Waals surface area (Å²) in [5.74, 6) is 0.0944. The fourth-order valence-electron chi connectivity index (χ4n) is 2.41. The van der Waals surface area contributed by atoms with Gasteiger partial charge >= 0.3 is 5.97 Å². The lowest BCUT2D eigenvalue weighted by atomic mass is 10.2. The van der Waals surface area contributed by atoms with Crippen LogP contribution in [0.2, 0.25) is 5.02 Å². The Bertz CT molecular complexity index is 889. The lowest BCUT2D eigenvalue weighted by Crippen LogP contribution is -2.29. The Morgan fingerprint density at radius 2 is 2.00 bits per heavy atom. The van der Waals surface area contributed by atoms with E-state index in [1.165, 1.54) is 16.7 Å². The van der Waals surface area contributed by atoms with Crippen molar-refractivity contribution in [3.05, 3.63) is 52.1 Å². The predicted octanol–water partition coefficient (Wildman–Crippen LogP) is 4.67. The number of amides is 1. The molecule has 0 saturated carbocycles. The number of carbonyl (C=O) groups excluding carboxylic acids is 1. The molecule has 0 radical (unpaired) electrons. The molecule has 0 atom stereocenters. The summed E-state index contributed by atoms with van der Waals surface area (Å²) >= 11 is 12.3. The number of nitrogens with zero attached hydrogens (tertiary/aromatic N) is 1. The van der Waals surface area contributed by atoms with Crippen molar-refractivity contribution in [2.45, 2.75) is 12.8 Å². The van der Waals surface area contributed by atoms with Gasteiger partial charge in [0.2, 0.25) is 0 Å². The summed E-state index contributed by atoms with van der Waals surface area (Å²) in [5, 5.41) is 9.35. The summed E-state index contributed by atoms with van der Waals surface area (Å²) in [6.45, 7) is 0.294. The molecule has 2 aromatic rings. The molecule has 1 aromatic carbocycles. The smallest absolute Gasteiger partial charge is 0.303 e. The topological polar surface area (TPSA) is 70.8 Å². The van der Waals surface area contributed by atoms with Crippen LogP contribution in [0.25, 0.3) is 17.4 Å². The van der Waals surface area contributed by atoms with Gasteiger partial charge in [-0.2, -0.15) is 0 Å². The van der Waals surface area contributed by atoms with Gasteiger partial charge in [-0.15, -0.1) is 0 Å². The number of thiocarbonyl (C=S) groups is 1. The van der Waals surface area contributed by atoms with Gasteiger partial charge in [0.25, 0.3) is 5.91 Å². The third-order valence-corrected chi connectivity index (χ3v) is 5.30. The molecule has 1 fully saturated rings. The van der Waals surface area contributed by atoms with Crippen LogP contribution >= 0.6 is 35.6 Å². The molecule has 0 unspecified atom stereocenters. The van der Waals surface area contributed by atoms with Crippen LogP contribution in [0.5, 0.6) is 0 Å². The molecule has 1 amide bonds. The number of carbonyl (C=O) groups is 2. The lowest BCUT2D eigenvalue weighted by molar-refractivity contribution is -0.137. The van der Waals surface area contributed by atoms with Crippen molar-refractivity contribution in [2.24, 2.45) is 0 Å². The lowest BCUT2D eigenvalue weighted by Gasteiger charge is -2.13. The molecule has 26 heavy (non-hydrogen) atoms. The first-order valence-corrected chi connectivity index (χ1v) is 9.37. The van der Waals surface area contributed by atoms with Crippen LogP contribution in [0.4, 0.5) is 0 Å².